The van der Waals surface area contributed by atoms with Crippen LogP contribution in [0, 0.1) is 5.92 Å². The van der Waals surface area contributed by atoms with Gasteiger partial charge in [-0.3, -0.25) is 0 Å². The van der Waals surface area contributed by atoms with Crippen molar-refractivity contribution in [2.75, 3.05) is 26.8 Å². The topological polar surface area (TPSA) is 30.5 Å². The van der Waals surface area contributed by atoms with Gasteiger partial charge in [-0.25, -0.2) is 0 Å². The van der Waals surface area contributed by atoms with E-state index in [2.05, 4.69) is 30.4 Å². The standard InChI is InChI=1S/C16H25NO2/c1-13(12-17-9-10-18-2)7-8-15-11-14-5-3-4-6-16(14)19-15/h3-6,13,15,17H,7-12H2,1-2H3. The molecule has 1 aromatic carbocycles. The van der Waals surface area contributed by atoms with Gasteiger partial charge in [-0.1, -0.05) is 25.1 Å². The first kappa shape index (κ1) is 14.4. The molecule has 3 heteroatoms. The Morgan fingerprint density at radius 2 is 2.26 bits per heavy atom. The smallest absolute Gasteiger partial charge is 0.123 e. The van der Waals surface area contributed by atoms with Gasteiger partial charge in [-0.15, -0.1) is 0 Å². The molecular weight excluding hydrogens is 238 g/mol. The molecule has 2 atom stereocenters. The zero-order valence-corrected chi connectivity index (χ0v) is 12.0. The first-order valence-corrected chi connectivity index (χ1v) is 7.24. The van der Waals surface area contributed by atoms with Crippen LogP contribution in [0.25, 0.3) is 0 Å². The molecule has 0 bridgehead atoms. The summed E-state index contributed by atoms with van der Waals surface area (Å²) in [7, 11) is 1.74. The Kier molecular flexibility index (Phi) is 5.67. The van der Waals surface area contributed by atoms with E-state index in [1.54, 1.807) is 7.11 Å². The molecule has 3 nitrogen and oxygen atoms in total. The molecule has 1 heterocycles. The van der Waals surface area contributed by atoms with Crippen LogP contribution in [0.5, 0.6) is 5.75 Å². The third-order valence-electron chi connectivity index (χ3n) is 3.67. The van der Waals surface area contributed by atoms with Gasteiger partial charge >= 0.3 is 0 Å². The third-order valence-corrected chi connectivity index (χ3v) is 3.67. The van der Waals surface area contributed by atoms with Crippen LogP contribution in [0.15, 0.2) is 24.3 Å². The van der Waals surface area contributed by atoms with E-state index in [0.29, 0.717) is 12.0 Å². The molecule has 1 aliphatic rings. The van der Waals surface area contributed by atoms with Crippen molar-refractivity contribution in [2.45, 2.75) is 32.3 Å². The van der Waals surface area contributed by atoms with E-state index >= 15 is 0 Å². The molecule has 0 radical (unpaired) electrons. The highest BCUT2D eigenvalue weighted by Crippen LogP contribution is 2.30. The first-order valence-electron chi connectivity index (χ1n) is 7.24. The Morgan fingerprint density at radius 1 is 1.42 bits per heavy atom. The van der Waals surface area contributed by atoms with Crippen LogP contribution in [0.2, 0.25) is 0 Å². The molecule has 1 aliphatic heterocycles. The van der Waals surface area contributed by atoms with E-state index in [-0.39, 0.29) is 0 Å². The van der Waals surface area contributed by atoms with Gasteiger partial charge in [0.2, 0.25) is 0 Å². The van der Waals surface area contributed by atoms with E-state index in [1.807, 2.05) is 6.07 Å². The number of fused-ring (bicyclic) bond motifs is 1. The largest absolute Gasteiger partial charge is 0.490 e. The predicted octanol–water partition coefficient (Wildman–Crippen LogP) is 2.64. The van der Waals surface area contributed by atoms with Crippen LogP contribution in [0.1, 0.15) is 25.3 Å². The normalized spacial score (nSPS) is 18.9. The van der Waals surface area contributed by atoms with Crippen molar-refractivity contribution in [3.63, 3.8) is 0 Å². The van der Waals surface area contributed by atoms with Crippen molar-refractivity contribution in [1.29, 1.82) is 0 Å². The number of benzene rings is 1. The van der Waals surface area contributed by atoms with E-state index in [9.17, 15) is 0 Å². The maximum Gasteiger partial charge on any atom is 0.123 e. The number of rotatable bonds is 8. The van der Waals surface area contributed by atoms with Crippen molar-refractivity contribution in [2.24, 2.45) is 5.92 Å². The van der Waals surface area contributed by atoms with Gasteiger partial charge in [0.25, 0.3) is 0 Å². The maximum atomic E-state index is 5.96. The predicted molar refractivity (Wildman–Crippen MR) is 77.7 cm³/mol. The second kappa shape index (κ2) is 7.51. The molecular formula is C16H25NO2. The molecule has 106 valence electrons. The van der Waals surface area contributed by atoms with Crippen molar-refractivity contribution in [3.8, 4) is 5.75 Å². The number of hydrogen-bond acceptors (Lipinski definition) is 3. The number of nitrogens with one attached hydrogen (secondary N) is 1. The Balaban J connectivity index is 1.62. The molecule has 0 spiro atoms. The summed E-state index contributed by atoms with van der Waals surface area (Å²) in [6.07, 6.45) is 3.79. The van der Waals surface area contributed by atoms with Crippen molar-refractivity contribution in [1.82, 2.24) is 5.32 Å². The molecule has 0 aromatic heterocycles. The zero-order valence-electron chi connectivity index (χ0n) is 12.0. The number of hydrogen-bond donors (Lipinski definition) is 1. The number of methoxy groups -OCH3 is 1. The van der Waals surface area contributed by atoms with Gasteiger partial charge in [-0.05, 0) is 36.9 Å². The molecule has 2 unspecified atom stereocenters. The van der Waals surface area contributed by atoms with Crippen LogP contribution in [-0.4, -0.2) is 32.9 Å². The minimum Gasteiger partial charge on any atom is -0.490 e. The Morgan fingerprint density at radius 3 is 3.05 bits per heavy atom. The van der Waals surface area contributed by atoms with E-state index in [1.165, 1.54) is 12.0 Å². The number of ether oxygens (including phenoxy) is 2. The summed E-state index contributed by atoms with van der Waals surface area (Å²) >= 11 is 0. The molecule has 2 rings (SSSR count). The highest BCUT2D eigenvalue weighted by molar-refractivity contribution is 5.37. The Bertz CT molecular complexity index is 356. The molecule has 0 saturated carbocycles. The van der Waals surface area contributed by atoms with Gasteiger partial charge in [0.05, 0.1) is 6.61 Å². The molecule has 0 aliphatic carbocycles. The monoisotopic (exact) mass is 263 g/mol. The second-order valence-electron chi connectivity index (χ2n) is 5.43. The SMILES string of the molecule is COCCNCC(C)CCC1Cc2ccccc2O1. The average Bonchev–Trinajstić information content (AvgIpc) is 2.84. The maximum absolute atomic E-state index is 5.96. The molecule has 0 amide bonds. The fourth-order valence-corrected chi connectivity index (χ4v) is 2.51. The lowest BCUT2D eigenvalue weighted by Crippen LogP contribution is -2.25. The fraction of sp³-hybridized carbons (Fsp3) is 0.625. The van der Waals surface area contributed by atoms with Gasteiger partial charge in [0.15, 0.2) is 0 Å². The van der Waals surface area contributed by atoms with Gasteiger partial charge < -0.3 is 14.8 Å². The van der Waals surface area contributed by atoms with E-state index in [0.717, 1.165) is 38.3 Å². The highest BCUT2D eigenvalue weighted by atomic mass is 16.5. The summed E-state index contributed by atoms with van der Waals surface area (Å²) in [5.41, 5.74) is 1.36. The first-order chi connectivity index (χ1) is 9.29. The zero-order chi connectivity index (χ0) is 13.5. The van der Waals surface area contributed by atoms with Gasteiger partial charge in [0, 0.05) is 20.1 Å². The van der Waals surface area contributed by atoms with Crippen LogP contribution < -0.4 is 10.1 Å². The quantitative estimate of drug-likeness (QED) is 0.731. The molecule has 0 fully saturated rings. The van der Waals surface area contributed by atoms with Crippen LogP contribution in [-0.2, 0) is 11.2 Å². The average molecular weight is 263 g/mol. The summed E-state index contributed by atoms with van der Waals surface area (Å²) in [6.45, 7) is 5.07. The lowest BCUT2D eigenvalue weighted by Gasteiger charge is -2.15. The van der Waals surface area contributed by atoms with E-state index in [4.69, 9.17) is 9.47 Å². The van der Waals surface area contributed by atoms with Crippen molar-refractivity contribution >= 4 is 0 Å². The molecule has 1 aromatic rings. The fourth-order valence-electron chi connectivity index (χ4n) is 2.51. The minimum atomic E-state index is 0.374. The Hall–Kier alpha value is -1.06. The lowest BCUT2D eigenvalue weighted by atomic mass is 10.0. The van der Waals surface area contributed by atoms with Crippen molar-refractivity contribution in [3.05, 3.63) is 29.8 Å². The van der Waals surface area contributed by atoms with Crippen LogP contribution >= 0.6 is 0 Å². The summed E-state index contributed by atoms with van der Waals surface area (Å²) < 4.78 is 11.0. The summed E-state index contributed by atoms with van der Waals surface area (Å²) in [5.74, 6) is 1.77. The van der Waals surface area contributed by atoms with Gasteiger partial charge in [0.1, 0.15) is 11.9 Å². The van der Waals surface area contributed by atoms with Crippen LogP contribution in [0.3, 0.4) is 0 Å². The summed E-state index contributed by atoms with van der Waals surface area (Å²) in [5, 5.41) is 3.41. The van der Waals surface area contributed by atoms with Crippen LogP contribution in [0.4, 0.5) is 0 Å². The minimum absolute atomic E-state index is 0.374. The Labute approximate surface area is 116 Å². The highest BCUT2D eigenvalue weighted by Gasteiger charge is 2.22. The number of para-hydroxylation sites is 1. The van der Waals surface area contributed by atoms with Gasteiger partial charge in [-0.2, -0.15) is 0 Å². The van der Waals surface area contributed by atoms with E-state index < -0.39 is 0 Å². The third kappa shape index (κ3) is 4.51. The van der Waals surface area contributed by atoms with Crippen molar-refractivity contribution < 1.29 is 9.47 Å². The molecule has 19 heavy (non-hydrogen) atoms. The summed E-state index contributed by atoms with van der Waals surface area (Å²) in [4.78, 5) is 0. The second-order valence-corrected chi connectivity index (χ2v) is 5.43. The lowest BCUT2D eigenvalue weighted by molar-refractivity contribution is 0.194. The molecule has 1 N–H and O–H groups in total. The summed E-state index contributed by atoms with van der Waals surface area (Å²) in [6, 6.07) is 8.38. The molecule has 0 saturated heterocycles.